The molecule has 2 aliphatic heterocycles. The number of carbonyl (C=O) groups is 3. The van der Waals surface area contributed by atoms with E-state index in [1.807, 2.05) is 0 Å². The number of aldehydes is 1. The molecule has 11 heteroatoms. The second kappa shape index (κ2) is 10.1. The molecule has 0 aliphatic carbocycles. The lowest BCUT2D eigenvalue weighted by Crippen LogP contribution is -2.32. The van der Waals surface area contributed by atoms with Crippen LogP contribution in [0, 0.1) is 0 Å². The van der Waals surface area contributed by atoms with E-state index < -0.39 is 20.7 Å². The Morgan fingerprint density at radius 2 is 2.24 bits per heavy atom. The van der Waals surface area contributed by atoms with Gasteiger partial charge in [-0.15, -0.1) is 0 Å². The van der Waals surface area contributed by atoms with Crippen LogP contribution in [0.25, 0.3) is 0 Å². The fourth-order valence-electron chi connectivity index (χ4n) is 2.84. The average Bonchev–Trinajstić information content (AvgIpc) is 3.21. The molecule has 29 heavy (non-hydrogen) atoms. The Hall–Kier alpha value is -2.03. The van der Waals surface area contributed by atoms with E-state index in [2.05, 4.69) is 5.32 Å². The first kappa shape index (κ1) is 21.7. The predicted molar refractivity (Wildman–Crippen MR) is 104 cm³/mol. The number of benzene rings is 1. The van der Waals surface area contributed by atoms with E-state index in [-0.39, 0.29) is 18.3 Å². The van der Waals surface area contributed by atoms with E-state index in [9.17, 15) is 14.4 Å². The largest absolute Gasteiger partial charge is 0.426 e. The number of nitrogens with one attached hydrogen (secondary N) is 1. The fourth-order valence-corrected chi connectivity index (χ4v) is 4.09. The van der Waals surface area contributed by atoms with Crippen molar-refractivity contribution >= 4 is 38.8 Å². The molecule has 156 valence electrons. The first-order chi connectivity index (χ1) is 14.0. The molecule has 0 bridgehead atoms. The molecule has 3 atom stereocenters. The Morgan fingerprint density at radius 1 is 1.41 bits per heavy atom. The number of hydrogen-bond donors (Lipinski definition) is 1. The molecule has 1 aromatic carbocycles. The van der Waals surface area contributed by atoms with Gasteiger partial charge in [-0.25, -0.2) is 0 Å². The molecule has 3 unspecified atom stereocenters. The Balaban J connectivity index is 1.51. The molecule has 1 saturated heterocycles. The van der Waals surface area contributed by atoms with Crippen LogP contribution in [0.4, 0.5) is 0 Å². The van der Waals surface area contributed by atoms with E-state index in [4.69, 9.17) is 29.9 Å². The third-order valence-electron chi connectivity index (χ3n) is 4.33. The second-order valence-electron chi connectivity index (χ2n) is 6.26. The van der Waals surface area contributed by atoms with Gasteiger partial charge in [0, 0.05) is 23.8 Å². The SMILES string of the molecule is CNC(=O)/C(C=O)=C\N(C=O)C1CCC(COP2OCc3cc(Cl)ccc3O2)O1. The summed E-state index contributed by atoms with van der Waals surface area (Å²) < 4.78 is 22.8. The van der Waals surface area contributed by atoms with Crippen LogP contribution in [-0.4, -0.2) is 49.5 Å². The van der Waals surface area contributed by atoms with Crippen molar-refractivity contribution in [1.82, 2.24) is 10.2 Å². The molecule has 0 saturated carbocycles. The molecular formula is C18H20ClN2O7P. The Labute approximate surface area is 173 Å². The van der Waals surface area contributed by atoms with Gasteiger partial charge < -0.3 is 14.6 Å². The molecular weight excluding hydrogens is 423 g/mol. The zero-order valence-corrected chi connectivity index (χ0v) is 17.2. The normalized spacial score (nSPS) is 23.7. The molecule has 1 fully saturated rings. The zero-order chi connectivity index (χ0) is 20.8. The van der Waals surface area contributed by atoms with Crippen molar-refractivity contribution in [3.05, 3.63) is 40.6 Å². The molecule has 3 rings (SSSR count). The van der Waals surface area contributed by atoms with Crippen LogP contribution in [0.3, 0.4) is 0 Å². The third-order valence-corrected chi connectivity index (χ3v) is 5.61. The van der Waals surface area contributed by atoms with Gasteiger partial charge in [0.15, 0.2) is 6.29 Å². The minimum atomic E-state index is -1.56. The predicted octanol–water partition coefficient (Wildman–Crippen LogP) is 2.28. The Bertz CT molecular complexity index is 806. The summed E-state index contributed by atoms with van der Waals surface area (Å²) in [6.07, 6.45) is 2.36. The van der Waals surface area contributed by atoms with Crippen LogP contribution in [0.2, 0.25) is 5.02 Å². The highest BCUT2D eigenvalue weighted by Gasteiger charge is 2.32. The first-order valence-corrected chi connectivity index (χ1v) is 10.3. The summed E-state index contributed by atoms with van der Waals surface area (Å²) in [5.41, 5.74) is 0.682. The van der Waals surface area contributed by atoms with Crippen LogP contribution in [0.5, 0.6) is 5.75 Å². The summed E-state index contributed by atoms with van der Waals surface area (Å²) in [5, 5.41) is 2.94. The lowest BCUT2D eigenvalue weighted by molar-refractivity contribution is -0.127. The van der Waals surface area contributed by atoms with Crippen LogP contribution < -0.4 is 9.84 Å². The van der Waals surface area contributed by atoms with E-state index in [0.29, 0.717) is 42.9 Å². The van der Waals surface area contributed by atoms with E-state index in [1.54, 1.807) is 18.2 Å². The lowest BCUT2D eigenvalue weighted by atomic mass is 10.2. The number of halogens is 1. The van der Waals surface area contributed by atoms with Crippen molar-refractivity contribution < 1.29 is 32.7 Å². The highest BCUT2D eigenvalue weighted by atomic mass is 35.5. The number of carbonyl (C=O) groups excluding carboxylic acids is 3. The van der Waals surface area contributed by atoms with Gasteiger partial charge in [-0.3, -0.25) is 28.3 Å². The fraction of sp³-hybridized carbons (Fsp3) is 0.389. The smallest absolute Gasteiger partial charge is 0.397 e. The second-order valence-corrected chi connectivity index (χ2v) is 7.84. The number of amides is 2. The maximum absolute atomic E-state index is 11.6. The number of likely N-dealkylation sites (N-methyl/N-ethyl adjacent to an activating group) is 1. The number of fused-ring (bicyclic) bond motifs is 1. The minimum absolute atomic E-state index is 0.172. The summed E-state index contributed by atoms with van der Waals surface area (Å²) >= 11 is 5.95. The Morgan fingerprint density at radius 3 is 2.97 bits per heavy atom. The topological polar surface area (TPSA) is 103 Å². The van der Waals surface area contributed by atoms with E-state index in [0.717, 1.165) is 10.5 Å². The van der Waals surface area contributed by atoms with E-state index in [1.165, 1.54) is 13.2 Å². The van der Waals surface area contributed by atoms with Crippen molar-refractivity contribution in [3.8, 4) is 5.75 Å². The molecule has 1 N–H and O–H groups in total. The number of nitrogens with zero attached hydrogens (tertiary/aromatic N) is 1. The van der Waals surface area contributed by atoms with Gasteiger partial charge in [0.05, 0.1) is 24.9 Å². The van der Waals surface area contributed by atoms with Crippen LogP contribution in [0.15, 0.2) is 30.0 Å². The summed E-state index contributed by atoms with van der Waals surface area (Å²) in [7, 11) is -0.165. The van der Waals surface area contributed by atoms with Gasteiger partial charge >= 0.3 is 8.60 Å². The van der Waals surface area contributed by atoms with Crippen molar-refractivity contribution in [2.75, 3.05) is 13.7 Å². The molecule has 0 aromatic heterocycles. The van der Waals surface area contributed by atoms with Gasteiger partial charge in [0.25, 0.3) is 5.91 Å². The van der Waals surface area contributed by atoms with Gasteiger partial charge in [-0.1, -0.05) is 11.6 Å². The maximum atomic E-state index is 11.6. The summed E-state index contributed by atoms with van der Waals surface area (Å²) in [4.78, 5) is 35.2. The number of ether oxygens (including phenoxy) is 1. The zero-order valence-electron chi connectivity index (χ0n) is 15.6. The number of rotatable bonds is 8. The third kappa shape index (κ3) is 5.52. The van der Waals surface area contributed by atoms with Crippen LogP contribution in [0.1, 0.15) is 18.4 Å². The van der Waals surface area contributed by atoms with Crippen molar-refractivity contribution in [1.29, 1.82) is 0 Å². The van der Waals surface area contributed by atoms with Crippen molar-refractivity contribution in [2.24, 2.45) is 0 Å². The number of hydrogen-bond acceptors (Lipinski definition) is 7. The van der Waals surface area contributed by atoms with Crippen molar-refractivity contribution in [3.63, 3.8) is 0 Å². The van der Waals surface area contributed by atoms with Gasteiger partial charge in [0.1, 0.15) is 12.0 Å². The maximum Gasteiger partial charge on any atom is 0.397 e. The summed E-state index contributed by atoms with van der Waals surface area (Å²) in [6.45, 7) is 0.560. The molecule has 2 heterocycles. The van der Waals surface area contributed by atoms with Gasteiger partial charge in [-0.05, 0) is 31.0 Å². The van der Waals surface area contributed by atoms with Gasteiger partial charge in [-0.2, -0.15) is 0 Å². The Kier molecular flexibility index (Phi) is 7.57. The monoisotopic (exact) mass is 442 g/mol. The molecule has 0 spiro atoms. The average molecular weight is 443 g/mol. The molecule has 9 nitrogen and oxygen atoms in total. The molecule has 2 amide bonds. The quantitative estimate of drug-likeness (QED) is 0.216. The molecule has 1 aromatic rings. The van der Waals surface area contributed by atoms with E-state index >= 15 is 0 Å². The summed E-state index contributed by atoms with van der Waals surface area (Å²) in [6, 6.07) is 5.28. The standard InChI is InChI=1S/C18H20ClN2O7P/c1-20-18(24)13(8-22)7-21(11-23)17-5-3-15(27-17)10-26-29-25-9-12-6-14(19)2-4-16(12)28-29/h2,4,6-8,11,15,17H,3,5,9-10H2,1H3,(H,20,24)/b13-7-. The minimum Gasteiger partial charge on any atom is -0.426 e. The summed E-state index contributed by atoms with van der Waals surface area (Å²) in [5.74, 6) is 0.0885. The van der Waals surface area contributed by atoms with Crippen LogP contribution >= 0.6 is 20.2 Å². The highest BCUT2D eigenvalue weighted by molar-refractivity contribution is 7.42. The molecule has 2 aliphatic rings. The molecule has 0 radical (unpaired) electrons. The first-order valence-electron chi connectivity index (χ1n) is 8.83. The highest BCUT2D eigenvalue weighted by Crippen LogP contribution is 2.48. The van der Waals surface area contributed by atoms with Crippen molar-refractivity contribution in [2.45, 2.75) is 31.8 Å². The lowest BCUT2D eigenvalue weighted by Gasteiger charge is -2.25. The van der Waals surface area contributed by atoms with Crippen LogP contribution in [-0.2, 0) is 34.8 Å². The van der Waals surface area contributed by atoms with Gasteiger partial charge in [0.2, 0.25) is 6.41 Å².